The van der Waals surface area contributed by atoms with Gasteiger partial charge in [-0.15, -0.1) is 0 Å². The normalized spacial score (nSPS) is 19.3. The molecule has 2 rings (SSSR count). The van der Waals surface area contributed by atoms with Crippen LogP contribution in [-0.4, -0.2) is 44.8 Å². The number of carbonyl (C=O) groups excluding carboxylic acids is 1. The highest BCUT2D eigenvalue weighted by molar-refractivity contribution is 7.89. The first-order valence-corrected chi connectivity index (χ1v) is 8.99. The molecule has 1 heterocycles. The van der Waals surface area contributed by atoms with Gasteiger partial charge in [-0.05, 0) is 44.2 Å². The van der Waals surface area contributed by atoms with E-state index in [1.807, 2.05) is 7.05 Å². The summed E-state index contributed by atoms with van der Waals surface area (Å²) in [5.41, 5.74) is 0.610. The van der Waals surface area contributed by atoms with Crippen LogP contribution in [0.2, 0.25) is 0 Å². The summed E-state index contributed by atoms with van der Waals surface area (Å²) in [6.45, 7) is 2.98. The van der Waals surface area contributed by atoms with Crippen LogP contribution in [0, 0.1) is 0 Å². The SMILES string of the molecule is CCC(=O)Nc1ccc(S(=O)(=O)N2CCCC2CNC)cc1. The van der Waals surface area contributed by atoms with Crippen LogP contribution in [0.4, 0.5) is 5.69 Å². The minimum absolute atomic E-state index is 0.00877. The Morgan fingerprint density at radius 3 is 2.59 bits per heavy atom. The number of hydrogen-bond acceptors (Lipinski definition) is 4. The molecule has 1 aromatic rings. The third kappa shape index (κ3) is 3.66. The summed E-state index contributed by atoms with van der Waals surface area (Å²) in [6, 6.07) is 6.37. The van der Waals surface area contributed by atoms with E-state index in [1.54, 1.807) is 35.5 Å². The molecule has 0 spiro atoms. The third-order valence-electron chi connectivity index (χ3n) is 3.83. The Morgan fingerprint density at radius 1 is 1.32 bits per heavy atom. The molecule has 1 aliphatic rings. The zero-order valence-corrected chi connectivity index (χ0v) is 13.8. The number of nitrogens with one attached hydrogen (secondary N) is 2. The molecule has 0 bridgehead atoms. The second kappa shape index (κ2) is 7.21. The molecule has 1 aliphatic heterocycles. The largest absolute Gasteiger partial charge is 0.326 e. The zero-order valence-electron chi connectivity index (χ0n) is 13.0. The van der Waals surface area contributed by atoms with E-state index in [0.29, 0.717) is 25.2 Å². The van der Waals surface area contributed by atoms with E-state index < -0.39 is 10.0 Å². The average Bonchev–Trinajstić information content (AvgIpc) is 2.97. The predicted octanol–water partition coefficient (Wildman–Crippen LogP) is 1.41. The summed E-state index contributed by atoms with van der Waals surface area (Å²) in [5, 5.41) is 5.76. The zero-order chi connectivity index (χ0) is 16.2. The summed E-state index contributed by atoms with van der Waals surface area (Å²) in [6.07, 6.45) is 2.15. The number of likely N-dealkylation sites (N-methyl/N-ethyl adjacent to an activating group) is 1. The van der Waals surface area contributed by atoms with Crippen LogP contribution in [0.15, 0.2) is 29.2 Å². The highest BCUT2D eigenvalue weighted by Crippen LogP contribution is 2.26. The van der Waals surface area contributed by atoms with Crippen LogP contribution < -0.4 is 10.6 Å². The Kier molecular flexibility index (Phi) is 5.55. The van der Waals surface area contributed by atoms with Crippen molar-refractivity contribution in [2.75, 3.05) is 25.5 Å². The van der Waals surface area contributed by atoms with Crippen LogP contribution in [0.25, 0.3) is 0 Å². The van der Waals surface area contributed by atoms with E-state index in [4.69, 9.17) is 0 Å². The maximum atomic E-state index is 12.7. The molecule has 122 valence electrons. The van der Waals surface area contributed by atoms with E-state index in [0.717, 1.165) is 12.8 Å². The summed E-state index contributed by atoms with van der Waals surface area (Å²) < 4.78 is 27.0. The van der Waals surface area contributed by atoms with Gasteiger partial charge in [0.2, 0.25) is 15.9 Å². The fourth-order valence-corrected chi connectivity index (χ4v) is 4.35. The van der Waals surface area contributed by atoms with Crippen molar-refractivity contribution in [3.05, 3.63) is 24.3 Å². The van der Waals surface area contributed by atoms with E-state index >= 15 is 0 Å². The van der Waals surface area contributed by atoms with Gasteiger partial charge in [0.1, 0.15) is 0 Å². The smallest absolute Gasteiger partial charge is 0.243 e. The van der Waals surface area contributed by atoms with Crippen LogP contribution in [0.5, 0.6) is 0 Å². The third-order valence-corrected chi connectivity index (χ3v) is 5.79. The van der Waals surface area contributed by atoms with Gasteiger partial charge < -0.3 is 10.6 Å². The topological polar surface area (TPSA) is 78.5 Å². The quantitative estimate of drug-likeness (QED) is 0.829. The van der Waals surface area contributed by atoms with Crippen LogP contribution in [0.3, 0.4) is 0 Å². The molecule has 1 aromatic carbocycles. The second-order valence-electron chi connectivity index (χ2n) is 5.40. The lowest BCUT2D eigenvalue weighted by atomic mass is 10.2. The number of sulfonamides is 1. The van der Waals surface area contributed by atoms with Gasteiger partial charge in [-0.2, -0.15) is 4.31 Å². The van der Waals surface area contributed by atoms with Crippen molar-refractivity contribution in [2.45, 2.75) is 37.1 Å². The molecule has 7 heteroatoms. The first-order chi connectivity index (χ1) is 10.5. The van der Waals surface area contributed by atoms with Gasteiger partial charge in [-0.25, -0.2) is 8.42 Å². The lowest BCUT2D eigenvalue weighted by Gasteiger charge is -2.24. The summed E-state index contributed by atoms with van der Waals surface area (Å²) in [5.74, 6) is -0.0933. The summed E-state index contributed by atoms with van der Waals surface area (Å²) in [7, 11) is -1.65. The van der Waals surface area contributed by atoms with Crippen LogP contribution >= 0.6 is 0 Å². The first-order valence-electron chi connectivity index (χ1n) is 7.55. The molecular formula is C15H23N3O3S. The van der Waals surface area contributed by atoms with Crippen LogP contribution in [0.1, 0.15) is 26.2 Å². The van der Waals surface area contributed by atoms with E-state index in [-0.39, 0.29) is 16.8 Å². The number of benzene rings is 1. The Morgan fingerprint density at radius 2 is 2.00 bits per heavy atom. The fourth-order valence-electron chi connectivity index (χ4n) is 2.66. The molecule has 0 aromatic heterocycles. The molecule has 0 saturated carbocycles. The number of nitrogens with zero attached hydrogens (tertiary/aromatic N) is 1. The van der Waals surface area contributed by atoms with Crippen molar-refractivity contribution in [2.24, 2.45) is 0 Å². The van der Waals surface area contributed by atoms with Crippen molar-refractivity contribution in [1.82, 2.24) is 9.62 Å². The lowest BCUT2D eigenvalue weighted by molar-refractivity contribution is -0.115. The summed E-state index contributed by atoms with van der Waals surface area (Å²) >= 11 is 0. The van der Waals surface area contributed by atoms with E-state index in [1.165, 1.54) is 0 Å². The van der Waals surface area contributed by atoms with Gasteiger partial charge in [0.25, 0.3) is 0 Å². The second-order valence-corrected chi connectivity index (χ2v) is 7.29. The molecule has 0 aliphatic carbocycles. The molecule has 1 unspecified atom stereocenters. The number of rotatable bonds is 6. The monoisotopic (exact) mass is 325 g/mol. The number of carbonyl (C=O) groups is 1. The Hall–Kier alpha value is -1.44. The highest BCUT2D eigenvalue weighted by atomic mass is 32.2. The van der Waals surface area contributed by atoms with Crippen molar-refractivity contribution >= 4 is 21.6 Å². The molecule has 6 nitrogen and oxygen atoms in total. The minimum atomic E-state index is -3.48. The number of hydrogen-bond donors (Lipinski definition) is 2. The Bertz CT molecular complexity index is 613. The van der Waals surface area contributed by atoms with Crippen molar-refractivity contribution < 1.29 is 13.2 Å². The number of anilines is 1. The average molecular weight is 325 g/mol. The molecule has 1 atom stereocenters. The van der Waals surface area contributed by atoms with Gasteiger partial charge in [0, 0.05) is 31.2 Å². The van der Waals surface area contributed by atoms with Crippen LogP contribution in [-0.2, 0) is 14.8 Å². The van der Waals surface area contributed by atoms with Crippen molar-refractivity contribution in [1.29, 1.82) is 0 Å². The maximum absolute atomic E-state index is 12.7. The minimum Gasteiger partial charge on any atom is -0.326 e. The standard InChI is InChI=1S/C15H23N3O3S/c1-3-15(19)17-12-6-8-14(9-7-12)22(20,21)18-10-4-5-13(18)11-16-2/h6-9,13,16H,3-5,10-11H2,1-2H3,(H,17,19). The van der Waals surface area contributed by atoms with Crippen molar-refractivity contribution in [3.63, 3.8) is 0 Å². The number of amides is 1. The molecule has 0 radical (unpaired) electrons. The highest BCUT2D eigenvalue weighted by Gasteiger charge is 2.34. The predicted molar refractivity (Wildman–Crippen MR) is 86.2 cm³/mol. The molecular weight excluding hydrogens is 302 g/mol. The first kappa shape index (κ1) is 16.9. The van der Waals surface area contributed by atoms with Gasteiger partial charge in [0.05, 0.1) is 4.90 Å². The summed E-state index contributed by atoms with van der Waals surface area (Å²) in [4.78, 5) is 11.6. The molecule has 1 saturated heterocycles. The maximum Gasteiger partial charge on any atom is 0.243 e. The van der Waals surface area contributed by atoms with Gasteiger partial charge in [-0.1, -0.05) is 6.92 Å². The van der Waals surface area contributed by atoms with Gasteiger partial charge >= 0.3 is 0 Å². The van der Waals surface area contributed by atoms with E-state index in [9.17, 15) is 13.2 Å². The van der Waals surface area contributed by atoms with E-state index in [2.05, 4.69) is 10.6 Å². The molecule has 1 fully saturated rings. The molecule has 22 heavy (non-hydrogen) atoms. The molecule has 1 amide bonds. The molecule has 2 N–H and O–H groups in total. The van der Waals surface area contributed by atoms with Crippen molar-refractivity contribution in [3.8, 4) is 0 Å². The Balaban J connectivity index is 2.17. The Labute approximate surface area is 131 Å². The fraction of sp³-hybridized carbons (Fsp3) is 0.533. The van der Waals surface area contributed by atoms with Gasteiger partial charge in [0.15, 0.2) is 0 Å². The van der Waals surface area contributed by atoms with Gasteiger partial charge in [-0.3, -0.25) is 4.79 Å². The lowest BCUT2D eigenvalue weighted by Crippen LogP contribution is -2.40.